The van der Waals surface area contributed by atoms with E-state index in [9.17, 15) is 9.59 Å². The second-order valence-electron chi connectivity index (χ2n) is 4.01. The third-order valence-corrected chi connectivity index (χ3v) is 3.07. The SMILES string of the molecule is Cn1c(=O)n2n(c1=O)Cc1ccccc1C2. The molecule has 0 N–H and O–H groups in total. The molecule has 1 aromatic carbocycles. The number of hydrogen-bond donors (Lipinski definition) is 0. The van der Waals surface area contributed by atoms with Crippen LogP contribution in [0.2, 0.25) is 0 Å². The molecule has 0 radical (unpaired) electrons. The number of rotatable bonds is 0. The van der Waals surface area contributed by atoms with Crippen LogP contribution in [0, 0.1) is 0 Å². The summed E-state index contributed by atoms with van der Waals surface area (Å²) in [6.07, 6.45) is 0. The number of fused-ring (bicyclic) bond motifs is 2. The molecule has 5 heteroatoms. The molecule has 1 aliphatic rings. The molecule has 0 bridgehead atoms. The van der Waals surface area contributed by atoms with Gasteiger partial charge in [-0.05, 0) is 11.1 Å². The highest BCUT2D eigenvalue weighted by atomic mass is 16.2. The first-order chi connectivity index (χ1) is 7.68. The fourth-order valence-corrected chi connectivity index (χ4v) is 2.13. The zero-order chi connectivity index (χ0) is 11.3. The first-order valence-electron chi connectivity index (χ1n) is 5.12. The lowest BCUT2D eigenvalue weighted by molar-refractivity contribution is 0.461. The first-order valence-corrected chi connectivity index (χ1v) is 5.12. The number of nitrogens with zero attached hydrogens (tertiary/aromatic N) is 3. The molecule has 82 valence electrons. The summed E-state index contributed by atoms with van der Waals surface area (Å²) in [5.41, 5.74) is 1.71. The lowest BCUT2D eigenvalue weighted by Crippen LogP contribution is -2.32. The van der Waals surface area contributed by atoms with E-state index in [4.69, 9.17) is 0 Å². The largest absolute Gasteiger partial charge is 0.347 e. The van der Waals surface area contributed by atoms with Gasteiger partial charge in [0.1, 0.15) is 0 Å². The highest BCUT2D eigenvalue weighted by molar-refractivity contribution is 5.28. The van der Waals surface area contributed by atoms with Gasteiger partial charge in [0.25, 0.3) is 0 Å². The van der Waals surface area contributed by atoms with Crippen molar-refractivity contribution in [2.24, 2.45) is 7.05 Å². The summed E-state index contributed by atoms with van der Waals surface area (Å²) in [7, 11) is 1.51. The van der Waals surface area contributed by atoms with Gasteiger partial charge in [0.15, 0.2) is 0 Å². The summed E-state index contributed by atoms with van der Waals surface area (Å²) in [6, 6.07) is 7.87. The summed E-state index contributed by atoms with van der Waals surface area (Å²) in [5, 5.41) is 0. The minimum absolute atomic E-state index is 0.250. The van der Waals surface area contributed by atoms with E-state index in [1.807, 2.05) is 24.3 Å². The second-order valence-corrected chi connectivity index (χ2v) is 4.01. The van der Waals surface area contributed by atoms with E-state index in [2.05, 4.69) is 0 Å². The molecular formula is C11H11N3O2. The van der Waals surface area contributed by atoms with Crippen LogP contribution in [0.15, 0.2) is 33.9 Å². The number of hydrogen-bond acceptors (Lipinski definition) is 2. The van der Waals surface area contributed by atoms with Gasteiger partial charge in [0.05, 0.1) is 13.1 Å². The zero-order valence-electron chi connectivity index (χ0n) is 8.88. The van der Waals surface area contributed by atoms with E-state index in [1.165, 1.54) is 16.4 Å². The summed E-state index contributed by atoms with van der Waals surface area (Å²) in [5.74, 6) is 0. The fourth-order valence-electron chi connectivity index (χ4n) is 2.13. The third-order valence-electron chi connectivity index (χ3n) is 3.07. The van der Waals surface area contributed by atoms with Gasteiger partial charge in [-0.3, -0.25) is 0 Å². The van der Waals surface area contributed by atoms with E-state index in [-0.39, 0.29) is 11.4 Å². The van der Waals surface area contributed by atoms with Crippen LogP contribution in [0.4, 0.5) is 0 Å². The summed E-state index contributed by atoms with van der Waals surface area (Å²) in [6.45, 7) is 0.955. The van der Waals surface area contributed by atoms with E-state index >= 15 is 0 Å². The molecule has 1 aliphatic heterocycles. The maximum atomic E-state index is 11.7. The Hall–Kier alpha value is -2.04. The standard InChI is InChI=1S/C11H11N3O2/c1-12-10(15)13-6-8-4-2-3-5-9(8)7-14(13)11(12)16/h2-5H,6-7H2,1H3. The van der Waals surface area contributed by atoms with Crippen LogP contribution < -0.4 is 11.4 Å². The Labute approximate surface area is 91.1 Å². The van der Waals surface area contributed by atoms with Crippen LogP contribution in [0.25, 0.3) is 0 Å². The van der Waals surface area contributed by atoms with Crippen molar-refractivity contribution in [3.63, 3.8) is 0 Å². The Morgan fingerprint density at radius 3 is 1.81 bits per heavy atom. The van der Waals surface area contributed by atoms with Crippen molar-refractivity contribution in [2.45, 2.75) is 13.1 Å². The van der Waals surface area contributed by atoms with Crippen LogP contribution in [-0.4, -0.2) is 13.9 Å². The van der Waals surface area contributed by atoms with Gasteiger partial charge in [-0.2, -0.15) is 0 Å². The van der Waals surface area contributed by atoms with Crippen molar-refractivity contribution in [3.05, 3.63) is 56.4 Å². The van der Waals surface area contributed by atoms with Gasteiger partial charge in [-0.1, -0.05) is 24.3 Å². The predicted octanol–water partition coefficient (Wildman–Crippen LogP) is -0.242. The molecule has 16 heavy (non-hydrogen) atoms. The van der Waals surface area contributed by atoms with E-state index < -0.39 is 0 Å². The average Bonchev–Trinajstić information content (AvgIpc) is 2.52. The van der Waals surface area contributed by atoms with Crippen LogP contribution in [0.5, 0.6) is 0 Å². The zero-order valence-corrected chi connectivity index (χ0v) is 8.88. The van der Waals surface area contributed by atoms with Gasteiger partial charge in [0.2, 0.25) is 0 Å². The Kier molecular flexibility index (Phi) is 1.71. The number of aromatic nitrogens is 3. The molecule has 0 fully saturated rings. The monoisotopic (exact) mass is 217 g/mol. The minimum Gasteiger partial charge on any atom is -0.246 e. The summed E-state index contributed by atoms with van der Waals surface area (Å²) >= 11 is 0. The smallest absolute Gasteiger partial charge is 0.246 e. The summed E-state index contributed by atoms with van der Waals surface area (Å²) in [4.78, 5) is 23.5. The molecule has 0 saturated carbocycles. The maximum absolute atomic E-state index is 11.7. The van der Waals surface area contributed by atoms with Gasteiger partial charge in [-0.25, -0.2) is 23.5 Å². The molecule has 3 rings (SSSR count). The third kappa shape index (κ3) is 1.05. The summed E-state index contributed by atoms with van der Waals surface area (Å²) < 4.78 is 4.13. The van der Waals surface area contributed by atoms with E-state index in [0.717, 1.165) is 15.7 Å². The molecule has 1 aromatic heterocycles. The topological polar surface area (TPSA) is 48.9 Å². The lowest BCUT2D eigenvalue weighted by Gasteiger charge is -2.18. The van der Waals surface area contributed by atoms with Gasteiger partial charge in [0, 0.05) is 7.05 Å². The highest BCUT2D eigenvalue weighted by Gasteiger charge is 2.19. The van der Waals surface area contributed by atoms with E-state index in [1.54, 1.807) is 0 Å². The molecule has 2 aromatic rings. The van der Waals surface area contributed by atoms with E-state index in [0.29, 0.717) is 13.1 Å². The number of benzene rings is 1. The highest BCUT2D eigenvalue weighted by Crippen LogP contribution is 2.14. The lowest BCUT2D eigenvalue weighted by atomic mass is 10.1. The molecular weight excluding hydrogens is 206 g/mol. The van der Waals surface area contributed by atoms with Crippen molar-refractivity contribution in [1.82, 2.24) is 13.9 Å². The van der Waals surface area contributed by atoms with Gasteiger partial charge >= 0.3 is 11.4 Å². The van der Waals surface area contributed by atoms with Crippen molar-refractivity contribution in [2.75, 3.05) is 0 Å². The van der Waals surface area contributed by atoms with Crippen LogP contribution in [0.1, 0.15) is 11.1 Å². The molecule has 0 aliphatic carbocycles. The molecule has 0 amide bonds. The minimum atomic E-state index is -0.250. The Balaban J connectivity index is 2.27. The Morgan fingerprint density at radius 1 is 0.938 bits per heavy atom. The second kappa shape index (κ2) is 2.98. The van der Waals surface area contributed by atoms with Gasteiger partial charge in [-0.15, -0.1) is 0 Å². The Bertz CT molecular complexity index is 619. The van der Waals surface area contributed by atoms with Crippen molar-refractivity contribution < 1.29 is 0 Å². The van der Waals surface area contributed by atoms with Crippen LogP contribution in [-0.2, 0) is 20.1 Å². The molecule has 2 heterocycles. The van der Waals surface area contributed by atoms with Crippen molar-refractivity contribution in [3.8, 4) is 0 Å². The molecule has 0 unspecified atom stereocenters. The normalized spacial score (nSPS) is 13.3. The Morgan fingerprint density at radius 2 is 1.38 bits per heavy atom. The van der Waals surface area contributed by atoms with Crippen molar-refractivity contribution >= 4 is 0 Å². The quantitative estimate of drug-likeness (QED) is 0.521. The van der Waals surface area contributed by atoms with Crippen LogP contribution >= 0.6 is 0 Å². The maximum Gasteiger partial charge on any atom is 0.347 e. The molecule has 0 spiro atoms. The average molecular weight is 217 g/mol. The first kappa shape index (κ1) is 9.21. The predicted molar refractivity (Wildman–Crippen MR) is 58.6 cm³/mol. The molecule has 0 saturated heterocycles. The fraction of sp³-hybridized carbons (Fsp3) is 0.273. The molecule has 5 nitrogen and oxygen atoms in total. The van der Waals surface area contributed by atoms with Crippen molar-refractivity contribution in [1.29, 1.82) is 0 Å². The van der Waals surface area contributed by atoms with Crippen LogP contribution in [0.3, 0.4) is 0 Å². The molecule has 0 atom stereocenters. The van der Waals surface area contributed by atoms with Gasteiger partial charge < -0.3 is 0 Å².